The molecule has 0 aliphatic heterocycles. The molecule has 184 valence electrons. The van der Waals surface area contributed by atoms with Gasteiger partial charge < -0.3 is 20.5 Å². The van der Waals surface area contributed by atoms with E-state index in [-0.39, 0.29) is 22.9 Å². The number of azo groups is 1. The number of nitrogens with zero attached hydrogens (tertiary/aromatic N) is 3. The molecule has 0 radical (unpaired) electrons. The van der Waals surface area contributed by atoms with E-state index in [2.05, 4.69) is 25.2 Å². The van der Waals surface area contributed by atoms with Crippen molar-refractivity contribution in [3.05, 3.63) is 78.4 Å². The van der Waals surface area contributed by atoms with Gasteiger partial charge in [0, 0.05) is 29.1 Å². The third-order valence-electron chi connectivity index (χ3n) is 5.61. The van der Waals surface area contributed by atoms with Crippen LogP contribution in [-0.4, -0.2) is 28.4 Å². The molecule has 1 heterocycles. The van der Waals surface area contributed by atoms with Crippen molar-refractivity contribution in [1.29, 1.82) is 0 Å². The molecule has 0 unspecified atom stereocenters. The summed E-state index contributed by atoms with van der Waals surface area (Å²) in [5, 5.41) is 27.9. The molecule has 10 heteroatoms. The molecule has 0 fully saturated rings. The average molecular weight is 512 g/mol. The van der Waals surface area contributed by atoms with E-state index in [0.717, 1.165) is 16.9 Å². The van der Waals surface area contributed by atoms with Crippen LogP contribution in [0.15, 0.2) is 83.0 Å². The molecule has 0 aliphatic carbocycles. The molecule has 9 nitrogen and oxygen atoms in total. The Hall–Kier alpha value is -4.83. The highest BCUT2D eigenvalue weighted by atomic mass is 32.1. The Bertz CT molecular complexity index is 1680. The van der Waals surface area contributed by atoms with Crippen molar-refractivity contribution in [1.82, 2.24) is 4.37 Å². The predicted molar refractivity (Wildman–Crippen MR) is 145 cm³/mol. The molecule has 0 saturated carbocycles. The number of carbonyl (C=O) groups is 2. The number of hydrogen-bond acceptors (Lipinski definition) is 8. The maximum Gasteiger partial charge on any atom is 0.259 e. The van der Waals surface area contributed by atoms with E-state index in [1.807, 2.05) is 18.2 Å². The van der Waals surface area contributed by atoms with E-state index < -0.39 is 5.91 Å². The molecule has 0 bridgehead atoms. The number of nitrogens with one attached hydrogen (secondary N) is 2. The SMILES string of the molecule is COc1ccc(NC(=O)c2cc3ccccc3c(N=Nc3snc4ccc(NC(C)=O)cc34)c2O)cc1. The molecule has 0 saturated heterocycles. The van der Waals surface area contributed by atoms with E-state index in [1.165, 1.54) is 6.92 Å². The number of anilines is 2. The van der Waals surface area contributed by atoms with Gasteiger partial charge in [-0.2, -0.15) is 4.37 Å². The van der Waals surface area contributed by atoms with E-state index in [9.17, 15) is 14.7 Å². The Kier molecular flexibility index (Phi) is 6.48. The first-order chi connectivity index (χ1) is 17.9. The number of amides is 2. The van der Waals surface area contributed by atoms with E-state index >= 15 is 0 Å². The molecule has 3 N–H and O–H groups in total. The molecule has 37 heavy (non-hydrogen) atoms. The summed E-state index contributed by atoms with van der Waals surface area (Å²) < 4.78 is 9.53. The Balaban J connectivity index is 1.53. The van der Waals surface area contributed by atoms with Gasteiger partial charge in [-0.3, -0.25) is 9.59 Å². The molecular formula is C27H21N5O4S. The monoisotopic (exact) mass is 511 g/mol. The number of benzene rings is 4. The maximum atomic E-state index is 13.1. The summed E-state index contributed by atoms with van der Waals surface area (Å²) in [4.78, 5) is 24.5. The number of rotatable bonds is 6. The van der Waals surface area contributed by atoms with Gasteiger partial charge in [0.1, 0.15) is 11.4 Å². The van der Waals surface area contributed by atoms with Crippen LogP contribution in [0.25, 0.3) is 21.7 Å². The minimum absolute atomic E-state index is 0.0607. The van der Waals surface area contributed by atoms with Gasteiger partial charge in [0.2, 0.25) is 5.91 Å². The lowest BCUT2D eigenvalue weighted by atomic mass is 10.0. The van der Waals surface area contributed by atoms with Gasteiger partial charge in [-0.15, -0.1) is 10.2 Å². The van der Waals surface area contributed by atoms with Gasteiger partial charge in [0.25, 0.3) is 5.91 Å². The second-order valence-electron chi connectivity index (χ2n) is 8.13. The van der Waals surface area contributed by atoms with Gasteiger partial charge in [0.15, 0.2) is 10.8 Å². The average Bonchev–Trinajstić information content (AvgIpc) is 3.30. The molecule has 5 aromatic rings. The molecule has 2 amide bonds. The lowest BCUT2D eigenvalue weighted by Gasteiger charge is -2.11. The fraction of sp³-hybridized carbons (Fsp3) is 0.0741. The third-order valence-corrected chi connectivity index (χ3v) is 6.37. The van der Waals surface area contributed by atoms with Crippen molar-refractivity contribution in [3.63, 3.8) is 0 Å². The van der Waals surface area contributed by atoms with Crippen LogP contribution in [0.5, 0.6) is 11.5 Å². The number of hydrogen-bond donors (Lipinski definition) is 3. The van der Waals surface area contributed by atoms with Gasteiger partial charge in [-0.05, 0) is 65.4 Å². The Morgan fingerprint density at radius 2 is 1.68 bits per heavy atom. The van der Waals surface area contributed by atoms with E-state index in [0.29, 0.717) is 38.4 Å². The third kappa shape index (κ3) is 4.95. The summed E-state index contributed by atoms with van der Waals surface area (Å²) >= 11 is 1.14. The number of aromatic hydroxyl groups is 1. The number of ether oxygens (including phenoxy) is 1. The van der Waals surface area contributed by atoms with Gasteiger partial charge in [-0.25, -0.2) is 0 Å². The first-order valence-corrected chi connectivity index (χ1v) is 12.0. The van der Waals surface area contributed by atoms with Crippen molar-refractivity contribution in [2.75, 3.05) is 17.7 Å². The zero-order valence-electron chi connectivity index (χ0n) is 19.9. The first-order valence-electron chi connectivity index (χ1n) is 11.2. The standard InChI is InChI=1S/C27H21N5O4S/c1-15(33)28-18-9-12-23-21(14-18)27(37-32-23)31-30-24-20-6-4-3-5-16(20)13-22(25(24)34)26(35)29-17-7-10-19(36-2)11-8-17/h3-14,34H,1-2H3,(H,28,33)(H,29,35). The van der Waals surface area contributed by atoms with Crippen LogP contribution in [0, 0.1) is 0 Å². The Morgan fingerprint density at radius 1 is 0.919 bits per heavy atom. The Labute approximate surface area is 215 Å². The van der Waals surface area contributed by atoms with Crippen LogP contribution < -0.4 is 15.4 Å². The summed E-state index contributed by atoms with van der Waals surface area (Å²) in [5.41, 5.74) is 2.09. The Morgan fingerprint density at radius 3 is 2.43 bits per heavy atom. The molecule has 0 atom stereocenters. The number of phenolic OH excluding ortho intramolecular Hbond substituents is 1. The molecule has 4 aromatic carbocycles. The lowest BCUT2D eigenvalue weighted by Crippen LogP contribution is -2.12. The second-order valence-corrected chi connectivity index (χ2v) is 8.88. The quantitative estimate of drug-likeness (QED) is 0.216. The zero-order valence-corrected chi connectivity index (χ0v) is 20.7. The minimum atomic E-state index is -0.493. The van der Waals surface area contributed by atoms with Crippen LogP contribution >= 0.6 is 11.5 Å². The second kappa shape index (κ2) is 10.0. The maximum absolute atomic E-state index is 13.1. The smallest absolute Gasteiger partial charge is 0.259 e. The number of aromatic nitrogens is 1. The summed E-state index contributed by atoms with van der Waals surface area (Å²) in [6, 6.07) is 21.1. The summed E-state index contributed by atoms with van der Waals surface area (Å²) in [6.07, 6.45) is 0. The predicted octanol–water partition coefficient (Wildman–Crippen LogP) is 6.79. The topological polar surface area (TPSA) is 125 Å². The molecule has 1 aromatic heterocycles. The fourth-order valence-electron chi connectivity index (χ4n) is 3.84. The highest BCUT2D eigenvalue weighted by Gasteiger charge is 2.19. The first kappa shape index (κ1) is 23.9. The summed E-state index contributed by atoms with van der Waals surface area (Å²) in [5.74, 6) is -0.310. The van der Waals surface area contributed by atoms with Crippen LogP contribution in [-0.2, 0) is 4.79 Å². The van der Waals surface area contributed by atoms with Crippen molar-refractivity contribution in [3.8, 4) is 11.5 Å². The fourth-order valence-corrected chi connectivity index (χ4v) is 4.52. The van der Waals surface area contributed by atoms with Crippen molar-refractivity contribution in [2.45, 2.75) is 6.92 Å². The number of fused-ring (bicyclic) bond motifs is 2. The van der Waals surface area contributed by atoms with Gasteiger partial charge in [-0.1, -0.05) is 24.3 Å². The number of phenols is 1. The summed E-state index contributed by atoms with van der Waals surface area (Å²) in [6.45, 7) is 1.43. The molecule has 5 rings (SSSR count). The van der Waals surface area contributed by atoms with E-state index in [4.69, 9.17) is 4.74 Å². The molecule has 0 spiro atoms. The van der Waals surface area contributed by atoms with Crippen molar-refractivity contribution in [2.24, 2.45) is 10.2 Å². The molecule has 0 aliphatic rings. The zero-order chi connectivity index (χ0) is 25.9. The van der Waals surface area contributed by atoms with Crippen molar-refractivity contribution >= 4 is 67.1 Å². The largest absolute Gasteiger partial charge is 0.505 e. The van der Waals surface area contributed by atoms with Gasteiger partial charge >= 0.3 is 0 Å². The van der Waals surface area contributed by atoms with Crippen LogP contribution in [0.1, 0.15) is 17.3 Å². The van der Waals surface area contributed by atoms with Crippen molar-refractivity contribution < 1.29 is 19.4 Å². The summed E-state index contributed by atoms with van der Waals surface area (Å²) in [7, 11) is 1.56. The number of carbonyl (C=O) groups excluding carboxylic acids is 2. The van der Waals surface area contributed by atoms with Crippen LogP contribution in [0.3, 0.4) is 0 Å². The minimum Gasteiger partial charge on any atom is -0.505 e. The normalized spacial score (nSPS) is 11.2. The van der Waals surface area contributed by atoms with Crippen LogP contribution in [0.2, 0.25) is 0 Å². The highest BCUT2D eigenvalue weighted by molar-refractivity contribution is 7.11. The molecular weight excluding hydrogens is 490 g/mol. The highest BCUT2D eigenvalue weighted by Crippen LogP contribution is 2.41. The van der Waals surface area contributed by atoms with Crippen LogP contribution in [0.4, 0.5) is 22.1 Å². The van der Waals surface area contributed by atoms with E-state index in [1.54, 1.807) is 61.7 Å². The lowest BCUT2D eigenvalue weighted by molar-refractivity contribution is -0.114. The number of methoxy groups -OCH3 is 1. The van der Waals surface area contributed by atoms with Gasteiger partial charge in [0.05, 0.1) is 18.2 Å².